The molecule has 106 valence electrons. The minimum atomic E-state index is -0.270. The average molecular weight is 273 g/mol. The molecule has 0 aliphatic carbocycles. The lowest BCUT2D eigenvalue weighted by molar-refractivity contribution is 0.0628. The Bertz CT molecular complexity index is 518. The lowest BCUT2D eigenvalue weighted by Crippen LogP contribution is -2.50. The lowest BCUT2D eigenvalue weighted by atomic mass is 9.91. The van der Waals surface area contributed by atoms with E-state index in [9.17, 15) is 4.79 Å². The van der Waals surface area contributed by atoms with E-state index in [0.717, 1.165) is 12.0 Å². The van der Waals surface area contributed by atoms with Crippen LogP contribution in [-0.4, -0.2) is 36.3 Å². The molecule has 1 aromatic carbocycles. The van der Waals surface area contributed by atoms with E-state index in [1.165, 1.54) is 5.57 Å². The van der Waals surface area contributed by atoms with Crippen molar-refractivity contribution in [1.29, 1.82) is 0 Å². The fourth-order valence-electron chi connectivity index (χ4n) is 2.93. The maximum absolute atomic E-state index is 12.3. The van der Waals surface area contributed by atoms with Crippen LogP contribution in [0.25, 0.3) is 0 Å². The lowest BCUT2D eigenvalue weighted by Gasteiger charge is -2.34. The molecule has 1 amide bonds. The van der Waals surface area contributed by atoms with Crippen molar-refractivity contribution in [3.8, 4) is 0 Å². The molecule has 0 bridgehead atoms. The van der Waals surface area contributed by atoms with Gasteiger partial charge in [0.1, 0.15) is 6.61 Å². The van der Waals surface area contributed by atoms with E-state index >= 15 is 0 Å². The molecule has 1 atom stereocenters. The van der Waals surface area contributed by atoms with Crippen LogP contribution in [0.3, 0.4) is 0 Å². The highest BCUT2D eigenvalue weighted by Gasteiger charge is 2.47. The highest BCUT2D eigenvalue weighted by Crippen LogP contribution is 2.37. The van der Waals surface area contributed by atoms with E-state index < -0.39 is 0 Å². The molecular weight excluding hydrogens is 254 g/mol. The van der Waals surface area contributed by atoms with Crippen molar-refractivity contribution >= 4 is 6.09 Å². The van der Waals surface area contributed by atoms with Crippen molar-refractivity contribution in [2.75, 3.05) is 19.8 Å². The molecule has 2 aliphatic rings. The van der Waals surface area contributed by atoms with Gasteiger partial charge in [-0.2, -0.15) is 0 Å². The highest BCUT2D eigenvalue weighted by molar-refractivity contribution is 5.71. The summed E-state index contributed by atoms with van der Waals surface area (Å²) in [4.78, 5) is 14.1. The standard InChI is InChI=1S/C16H19NO3/c1-13-7-9-17(16(13)8-10-19-12-16)15(18)20-11-14-5-3-2-4-6-14/h2-7H,8-12H2,1H3. The topological polar surface area (TPSA) is 38.8 Å². The van der Waals surface area contributed by atoms with E-state index in [1.54, 1.807) is 4.90 Å². The molecule has 1 fully saturated rings. The predicted molar refractivity (Wildman–Crippen MR) is 75.3 cm³/mol. The largest absolute Gasteiger partial charge is 0.445 e. The first-order chi connectivity index (χ1) is 9.72. The number of amides is 1. The van der Waals surface area contributed by atoms with Gasteiger partial charge in [0.05, 0.1) is 12.1 Å². The van der Waals surface area contributed by atoms with E-state index in [1.807, 2.05) is 30.3 Å². The zero-order chi connectivity index (χ0) is 14.0. The molecule has 1 aromatic rings. The van der Waals surface area contributed by atoms with Gasteiger partial charge in [0, 0.05) is 19.6 Å². The number of nitrogens with zero attached hydrogens (tertiary/aromatic N) is 1. The van der Waals surface area contributed by atoms with Gasteiger partial charge >= 0.3 is 6.09 Å². The molecule has 1 saturated heterocycles. The van der Waals surface area contributed by atoms with Gasteiger partial charge in [0.25, 0.3) is 0 Å². The van der Waals surface area contributed by atoms with Crippen LogP contribution in [0.5, 0.6) is 0 Å². The van der Waals surface area contributed by atoms with Gasteiger partial charge in [-0.1, -0.05) is 36.4 Å². The number of rotatable bonds is 2. The Kier molecular flexibility index (Phi) is 3.49. The van der Waals surface area contributed by atoms with Gasteiger partial charge < -0.3 is 9.47 Å². The predicted octanol–water partition coefficient (Wildman–Crippen LogP) is 2.74. The van der Waals surface area contributed by atoms with Gasteiger partial charge in [-0.3, -0.25) is 4.90 Å². The summed E-state index contributed by atoms with van der Waals surface area (Å²) in [5, 5.41) is 0. The summed E-state index contributed by atoms with van der Waals surface area (Å²) >= 11 is 0. The first kappa shape index (κ1) is 13.2. The zero-order valence-electron chi connectivity index (χ0n) is 11.7. The van der Waals surface area contributed by atoms with Crippen LogP contribution in [0.2, 0.25) is 0 Å². The van der Waals surface area contributed by atoms with Crippen LogP contribution < -0.4 is 0 Å². The molecule has 1 unspecified atom stereocenters. The smallest absolute Gasteiger partial charge is 0.411 e. The first-order valence-corrected chi connectivity index (χ1v) is 6.96. The van der Waals surface area contributed by atoms with E-state index in [4.69, 9.17) is 9.47 Å². The Morgan fingerprint density at radius 2 is 2.20 bits per heavy atom. The van der Waals surface area contributed by atoms with Crippen LogP contribution in [0, 0.1) is 0 Å². The molecule has 0 radical (unpaired) electrons. The van der Waals surface area contributed by atoms with Gasteiger partial charge in [-0.05, 0) is 18.1 Å². The average Bonchev–Trinajstić information content (AvgIpc) is 3.08. The fraction of sp³-hybridized carbons (Fsp3) is 0.438. The van der Waals surface area contributed by atoms with Crippen LogP contribution >= 0.6 is 0 Å². The Balaban J connectivity index is 1.66. The van der Waals surface area contributed by atoms with Crippen molar-refractivity contribution < 1.29 is 14.3 Å². The third-order valence-electron chi connectivity index (χ3n) is 4.26. The third-order valence-corrected chi connectivity index (χ3v) is 4.26. The van der Waals surface area contributed by atoms with Crippen molar-refractivity contribution in [2.24, 2.45) is 0 Å². The molecule has 2 aliphatic heterocycles. The second kappa shape index (κ2) is 5.29. The van der Waals surface area contributed by atoms with Crippen molar-refractivity contribution in [3.63, 3.8) is 0 Å². The number of carbonyl (C=O) groups is 1. The van der Waals surface area contributed by atoms with E-state index in [-0.39, 0.29) is 11.6 Å². The molecular formula is C16H19NO3. The Hall–Kier alpha value is -1.81. The monoisotopic (exact) mass is 273 g/mol. The van der Waals surface area contributed by atoms with Crippen LogP contribution in [0.1, 0.15) is 18.9 Å². The SMILES string of the molecule is CC1=CCN(C(=O)OCc2ccccc2)C12CCOC2. The number of benzene rings is 1. The van der Waals surface area contributed by atoms with E-state index in [0.29, 0.717) is 26.4 Å². The minimum absolute atomic E-state index is 0.257. The Labute approximate surface area is 119 Å². The Morgan fingerprint density at radius 3 is 2.90 bits per heavy atom. The van der Waals surface area contributed by atoms with E-state index in [2.05, 4.69) is 13.0 Å². The summed E-state index contributed by atoms with van der Waals surface area (Å²) in [7, 11) is 0. The van der Waals surface area contributed by atoms with Crippen LogP contribution in [-0.2, 0) is 16.1 Å². The van der Waals surface area contributed by atoms with Gasteiger partial charge in [-0.15, -0.1) is 0 Å². The molecule has 0 saturated carbocycles. The van der Waals surface area contributed by atoms with Crippen molar-refractivity contribution in [2.45, 2.75) is 25.5 Å². The van der Waals surface area contributed by atoms with Gasteiger partial charge in [-0.25, -0.2) is 4.79 Å². The molecule has 0 aromatic heterocycles. The summed E-state index contributed by atoms with van der Waals surface area (Å²) in [5.41, 5.74) is 1.95. The minimum Gasteiger partial charge on any atom is -0.445 e. The zero-order valence-corrected chi connectivity index (χ0v) is 11.7. The molecule has 3 rings (SSSR count). The molecule has 20 heavy (non-hydrogen) atoms. The quantitative estimate of drug-likeness (QED) is 0.778. The highest BCUT2D eigenvalue weighted by atomic mass is 16.6. The number of hydrogen-bond donors (Lipinski definition) is 0. The normalized spacial score (nSPS) is 25.1. The second-order valence-electron chi connectivity index (χ2n) is 5.37. The second-order valence-corrected chi connectivity index (χ2v) is 5.37. The third kappa shape index (κ3) is 2.20. The molecule has 0 N–H and O–H groups in total. The summed E-state index contributed by atoms with van der Waals surface area (Å²) in [6.45, 7) is 4.28. The maximum Gasteiger partial charge on any atom is 0.411 e. The fourth-order valence-corrected chi connectivity index (χ4v) is 2.93. The number of carbonyl (C=O) groups excluding carboxylic acids is 1. The number of ether oxygens (including phenoxy) is 2. The molecule has 1 spiro atoms. The Morgan fingerprint density at radius 1 is 1.40 bits per heavy atom. The summed E-state index contributed by atoms with van der Waals surface area (Å²) < 4.78 is 11.0. The number of hydrogen-bond acceptors (Lipinski definition) is 3. The van der Waals surface area contributed by atoms with Crippen molar-refractivity contribution in [1.82, 2.24) is 4.90 Å². The summed E-state index contributed by atoms with van der Waals surface area (Å²) in [6, 6.07) is 9.74. The van der Waals surface area contributed by atoms with Gasteiger partial charge in [0.15, 0.2) is 0 Å². The molecule has 2 heterocycles. The molecule has 4 nitrogen and oxygen atoms in total. The summed E-state index contributed by atoms with van der Waals surface area (Å²) in [6.07, 6.45) is 2.70. The maximum atomic E-state index is 12.3. The summed E-state index contributed by atoms with van der Waals surface area (Å²) in [5.74, 6) is 0. The van der Waals surface area contributed by atoms with Crippen molar-refractivity contribution in [3.05, 3.63) is 47.5 Å². The first-order valence-electron chi connectivity index (χ1n) is 6.96. The van der Waals surface area contributed by atoms with Crippen LogP contribution in [0.4, 0.5) is 4.79 Å². The molecule has 4 heteroatoms. The van der Waals surface area contributed by atoms with Crippen LogP contribution in [0.15, 0.2) is 42.0 Å². The van der Waals surface area contributed by atoms with Gasteiger partial charge in [0.2, 0.25) is 0 Å².